The van der Waals surface area contributed by atoms with Crippen LogP contribution in [0.1, 0.15) is 28.4 Å². The van der Waals surface area contributed by atoms with Gasteiger partial charge in [-0.3, -0.25) is 0 Å². The van der Waals surface area contributed by atoms with Crippen LogP contribution in [-0.2, 0) is 17.7 Å². The lowest BCUT2D eigenvalue weighted by Gasteiger charge is -2.21. The number of benzene rings is 2. The van der Waals surface area contributed by atoms with E-state index in [1.165, 1.54) is 7.11 Å². The Morgan fingerprint density at radius 2 is 1.87 bits per heavy atom. The van der Waals surface area contributed by atoms with Crippen LogP contribution in [0.2, 0.25) is 10.0 Å². The Labute approximate surface area is 146 Å². The second kappa shape index (κ2) is 7.71. The van der Waals surface area contributed by atoms with Gasteiger partial charge in [0.1, 0.15) is 0 Å². The van der Waals surface area contributed by atoms with Crippen molar-refractivity contribution >= 4 is 34.9 Å². The van der Waals surface area contributed by atoms with Crippen molar-refractivity contribution in [2.45, 2.75) is 19.9 Å². The lowest BCUT2D eigenvalue weighted by Crippen LogP contribution is -2.17. The summed E-state index contributed by atoms with van der Waals surface area (Å²) in [6.45, 7) is 2.71. The third-order valence-electron chi connectivity index (χ3n) is 3.72. The van der Waals surface area contributed by atoms with E-state index < -0.39 is 0 Å². The first kappa shape index (κ1) is 17.6. The first-order valence-corrected chi connectivity index (χ1v) is 8.08. The van der Waals surface area contributed by atoms with E-state index in [1.807, 2.05) is 44.3 Å². The fraction of sp³-hybridized carbons (Fsp3) is 0.278. The highest BCUT2D eigenvalue weighted by molar-refractivity contribution is 6.42. The largest absolute Gasteiger partial charge is 0.465 e. The average Bonchev–Trinajstić information content (AvgIpc) is 2.56. The molecule has 2 rings (SSSR count). The van der Waals surface area contributed by atoms with E-state index in [1.54, 1.807) is 6.07 Å². The Balaban J connectivity index is 2.23. The number of rotatable bonds is 5. The van der Waals surface area contributed by atoms with Crippen molar-refractivity contribution in [2.75, 3.05) is 19.1 Å². The maximum atomic E-state index is 11.8. The van der Waals surface area contributed by atoms with Gasteiger partial charge in [0.05, 0.1) is 22.7 Å². The number of anilines is 1. The van der Waals surface area contributed by atoms with Gasteiger partial charge in [0, 0.05) is 19.3 Å². The lowest BCUT2D eigenvalue weighted by atomic mass is 10.0. The summed E-state index contributed by atoms with van der Waals surface area (Å²) in [4.78, 5) is 13.9. The molecule has 122 valence electrons. The Kier molecular flexibility index (Phi) is 5.91. The van der Waals surface area contributed by atoms with E-state index in [2.05, 4.69) is 4.90 Å². The molecule has 0 atom stereocenters. The summed E-state index contributed by atoms with van der Waals surface area (Å²) >= 11 is 12.0. The Hall–Kier alpha value is -1.71. The van der Waals surface area contributed by atoms with Crippen LogP contribution < -0.4 is 4.90 Å². The zero-order valence-corrected chi connectivity index (χ0v) is 14.9. The molecule has 23 heavy (non-hydrogen) atoms. The zero-order valence-electron chi connectivity index (χ0n) is 13.4. The first-order chi connectivity index (χ1) is 11.0. The van der Waals surface area contributed by atoms with Crippen molar-refractivity contribution in [3.05, 3.63) is 63.1 Å². The molecule has 0 aliphatic rings. The van der Waals surface area contributed by atoms with Gasteiger partial charge in [-0.2, -0.15) is 0 Å². The normalized spacial score (nSPS) is 10.5. The van der Waals surface area contributed by atoms with Gasteiger partial charge in [-0.1, -0.05) is 36.2 Å². The number of hydrogen-bond acceptors (Lipinski definition) is 3. The van der Waals surface area contributed by atoms with Crippen molar-refractivity contribution in [1.29, 1.82) is 0 Å². The van der Waals surface area contributed by atoms with Gasteiger partial charge in [-0.05, 0) is 47.9 Å². The maximum Gasteiger partial charge on any atom is 0.338 e. The smallest absolute Gasteiger partial charge is 0.338 e. The third-order valence-corrected chi connectivity index (χ3v) is 4.46. The van der Waals surface area contributed by atoms with E-state index in [0.29, 0.717) is 22.2 Å². The lowest BCUT2D eigenvalue weighted by molar-refractivity contribution is 0.0599. The van der Waals surface area contributed by atoms with Gasteiger partial charge >= 0.3 is 5.97 Å². The molecule has 0 fully saturated rings. The fourth-order valence-electron chi connectivity index (χ4n) is 2.42. The Morgan fingerprint density at radius 3 is 2.48 bits per heavy atom. The molecular weight excluding hydrogens is 333 g/mol. The topological polar surface area (TPSA) is 29.5 Å². The summed E-state index contributed by atoms with van der Waals surface area (Å²) in [6, 6.07) is 11.4. The van der Waals surface area contributed by atoms with Crippen LogP contribution in [0.5, 0.6) is 0 Å². The summed E-state index contributed by atoms with van der Waals surface area (Å²) < 4.78 is 4.82. The second-order valence-electron chi connectivity index (χ2n) is 5.29. The van der Waals surface area contributed by atoms with E-state index in [-0.39, 0.29) is 5.97 Å². The highest BCUT2D eigenvalue weighted by Gasteiger charge is 2.13. The number of aryl methyl sites for hydroxylation is 1. The molecule has 0 saturated carbocycles. The van der Waals surface area contributed by atoms with Crippen LogP contribution in [0, 0.1) is 0 Å². The molecule has 2 aromatic rings. The summed E-state index contributed by atoms with van der Waals surface area (Å²) in [5.41, 5.74) is 3.68. The molecular formula is C18H19Cl2NO2. The predicted molar refractivity (Wildman–Crippen MR) is 95.7 cm³/mol. The maximum absolute atomic E-state index is 11.8. The predicted octanol–water partition coefficient (Wildman–Crippen LogP) is 4.98. The highest BCUT2D eigenvalue weighted by atomic mass is 35.5. The van der Waals surface area contributed by atoms with Crippen LogP contribution in [0.4, 0.5) is 5.69 Å². The molecule has 0 saturated heterocycles. The number of carbonyl (C=O) groups is 1. The number of halogens is 2. The second-order valence-corrected chi connectivity index (χ2v) is 6.11. The number of ether oxygens (including phenoxy) is 1. The molecule has 0 heterocycles. The van der Waals surface area contributed by atoms with E-state index in [4.69, 9.17) is 27.9 Å². The SMILES string of the molecule is CCc1cc(N(C)Cc2ccc(Cl)c(Cl)c2)ccc1C(=O)OC. The summed E-state index contributed by atoms with van der Waals surface area (Å²) in [7, 11) is 3.39. The molecule has 0 N–H and O–H groups in total. The number of esters is 1. The minimum atomic E-state index is -0.305. The van der Waals surface area contributed by atoms with Crippen LogP contribution >= 0.6 is 23.2 Å². The molecule has 2 aromatic carbocycles. The van der Waals surface area contributed by atoms with Crippen molar-refractivity contribution in [1.82, 2.24) is 0 Å². The number of methoxy groups -OCH3 is 1. The number of hydrogen-bond donors (Lipinski definition) is 0. The summed E-state index contributed by atoms with van der Waals surface area (Å²) in [5, 5.41) is 1.10. The van der Waals surface area contributed by atoms with E-state index in [0.717, 1.165) is 23.2 Å². The van der Waals surface area contributed by atoms with Crippen LogP contribution in [0.3, 0.4) is 0 Å². The van der Waals surface area contributed by atoms with Gasteiger partial charge < -0.3 is 9.64 Å². The summed E-state index contributed by atoms with van der Waals surface area (Å²) in [6.07, 6.45) is 0.763. The van der Waals surface area contributed by atoms with Crippen molar-refractivity contribution in [3.63, 3.8) is 0 Å². The molecule has 0 spiro atoms. The van der Waals surface area contributed by atoms with E-state index >= 15 is 0 Å². The zero-order chi connectivity index (χ0) is 17.0. The van der Waals surface area contributed by atoms with Crippen LogP contribution in [-0.4, -0.2) is 20.1 Å². The van der Waals surface area contributed by atoms with Gasteiger partial charge in [0.2, 0.25) is 0 Å². The molecule has 0 aliphatic heterocycles. The van der Waals surface area contributed by atoms with Crippen LogP contribution in [0.15, 0.2) is 36.4 Å². The molecule has 3 nitrogen and oxygen atoms in total. The number of carbonyl (C=O) groups excluding carboxylic acids is 1. The molecule has 0 unspecified atom stereocenters. The van der Waals surface area contributed by atoms with Crippen molar-refractivity contribution in [3.8, 4) is 0 Å². The van der Waals surface area contributed by atoms with Crippen molar-refractivity contribution in [2.24, 2.45) is 0 Å². The van der Waals surface area contributed by atoms with Crippen molar-refractivity contribution < 1.29 is 9.53 Å². The first-order valence-electron chi connectivity index (χ1n) is 7.32. The van der Waals surface area contributed by atoms with Crippen LogP contribution in [0.25, 0.3) is 0 Å². The quantitative estimate of drug-likeness (QED) is 0.711. The van der Waals surface area contributed by atoms with Gasteiger partial charge in [0.15, 0.2) is 0 Å². The molecule has 0 aromatic heterocycles. The molecule has 5 heteroatoms. The Bertz CT molecular complexity index is 716. The molecule has 0 bridgehead atoms. The molecule has 0 radical (unpaired) electrons. The fourth-order valence-corrected chi connectivity index (χ4v) is 2.74. The average molecular weight is 352 g/mol. The van der Waals surface area contributed by atoms with Gasteiger partial charge in [-0.15, -0.1) is 0 Å². The van der Waals surface area contributed by atoms with E-state index in [9.17, 15) is 4.79 Å². The minimum absolute atomic E-state index is 0.305. The third kappa shape index (κ3) is 4.18. The monoisotopic (exact) mass is 351 g/mol. The Morgan fingerprint density at radius 1 is 1.13 bits per heavy atom. The minimum Gasteiger partial charge on any atom is -0.465 e. The highest BCUT2D eigenvalue weighted by Crippen LogP contribution is 2.25. The molecule has 0 amide bonds. The molecule has 0 aliphatic carbocycles. The number of nitrogens with zero attached hydrogens (tertiary/aromatic N) is 1. The summed E-state index contributed by atoms with van der Waals surface area (Å²) in [5.74, 6) is -0.305. The van der Waals surface area contributed by atoms with Gasteiger partial charge in [-0.25, -0.2) is 4.79 Å². The van der Waals surface area contributed by atoms with Gasteiger partial charge in [0.25, 0.3) is 0 Å². The standard InChI is InChI=1S/C18H19Cl2NO2/c1-4-13-10-14(6-7-15(13)18(22)23-3)21(2)11-12-5-8-16(19)17(20)9-12/h5-10H,4,11H2,1-3H3.